The molecule has 0 amide bonds. The van der Waals surface area contributed by atoms with Crippen molar-refractivity contribution in [3.8, 4) is 11.5 Å². The van der Waals surface area contributed by atoms with Gasteiger partial charge in [0.15, 0.2) is 6.10 Å². The molecule has 1 aliphatic rings. The fraction of sp³-hybridized carbons (Fsp3) is 0.308. The van der Waals surface area contributed by atoms with E-state index in [1.54, 1.807) is 12.1 Å². The summed E-state index contributed by atoms with van der Waals surface area (Å²) in [7, 11) is 0. The molecule has 1 atom stereocenters. The largest absolute Gasteiger partial charge is 0.457 e. The number of benzene rings is 3. The molecule has 0 aromatic heterocycles. The minimum Gasteiger partial charge on any atom is -0.457 e. The van der Waals surface area contributed by atoms with Crippen LogP contribution in [0, 0.1) is 5.82 Å². The van der Waals surface area contributed by atoms with Gasteiger partial charge in [-0.15, -0.1) is 0 Å². The number of hydrogen-bond acceptors (Lipinski definition) is 3. The first-order valence-corrected chi connectivity index (χ1v) is 11.1. The Hall–Kier alpha value is -3.27. The summed E-state index contributed by atoms with van der Waals surface area (Å²) in [5.41, 5.74) is -0.194. The summed E-state index contributed by atoms with van der Waals surface area (Å²) in [4.78, 5) is 1.04. The number of aliphatic hydroxyl groups is 1. The Morgan fingerprint density at radius 2 is 1.56 bits per heavy atom. The van der Waals surface area contributed by atoms with Crippen molar-refractivity contribution < 1.29 is 40.6 Å². The number of rotatable bonds is 8. The highest BCUT2D eigenvalue weighted by molar-refractivity contribution is 5.52. The second-order valence-electron chi connectivity index (χ2n) is 8.69. The summed E-state index contributed by atoms with van der Waals surface area (Å²) >= 11 is 0. The minimum absolute atomic E-state index is 0.161. The van der Waals surface area contributed by atoms with E-state index >= 15 is 0 Å². The van der Waals surface area contributed by atoms with Gasteiger partial charge in [-0.25, -0.2) is 4.39 Å². The Kier molecular flexibility index (Phi) is 7.17. The van der Waals surface area contributed by atoms with Crippen molar-refractivity contribution in [2.75, 3.05) is 11.4 Å². The van der Waals surface area contributed by atoms with E-state index in [1.807, 2.05) is 18.2 Å². The molecule has 0 aliphatic heterocycles. The van der Waals surface area contributed by atoms with Gasteiger partial charge < -0.3 is 14.7 Å². The van der Waals surface area contributed by atoms with E-state index in [-0.39, 0.29) is 11.3 Å². The van der Waals surface area contributed by atoms with Crippen molar-refractivity contribution in [1.29, 1.82) is 0 Å². The first-order valence-electron chi connectivity index (χ1n) is 11.1. The molecule has 3 nitrogen and oxygen atoms in total. The van der Waals surface area contributed by atoms with Gasteiger partial charge >= 0.3 is 12.4 Å². The summed E-state index contributed by atoms with van der Waals surface area (Å²) in [5, 5.41) is 9.67. The smallest absolute Gasteiger partial charge is 0.416 e. The van der Waals surface area contributed by atoms with E-state index in [2.05, 4.69) is 0 Å². The highest BCUT2D eigenvalue weighted by atomic mass is 19.4. The van der Waals surface area contributed by atoms with Gasteiger partial charge in [-0.3, -0.25) is 0 Å². The number of alkyl halides is 6. The predicted molar refractivity (Wildman–Crippen MR) is 119 cm³/mol. The maximum Gasteiger partial charge on any atom is 0.416 e. The Morgan fingerprint density at radius 3 is 2.17 bits per heavy atom. The standard InChI is InChI=1S/C26H22F7NO2/c27-23-12-19(25(28,29)30)10-9-18(23)14-34(15-24(35)26(31,32)33)20-4-2-6-22(13-20)36-21-5-1-3-17(11-21)16-7-8-16/h1-6,9-13,16,24,35H,7-8,14-15H2/t24-/m1/s1. The predicted octanol–water partition coefficient (Wildman–Crippen LogP) is 7.44. The van der Waals surface area contributed by atoms with Crippen LogP contribution in [0.3, 0.4) is 0 Å². The van der Waals surface area contributed by atoms with Crippen LogP contribution in [-0.2, 0) is 12.7 Å². The van der Waals surface area contributed by atoms with Crippen LogP contribution in [0.5, 0.6) is 11.5 Å². The van der Waals surface area contributed by atoms with Crippen molar-refractivity contribution in [3.63, 3.8) is 0 Å². The lowest BCUT2D eigenvalue weighted by atomic mass is 10.1. The maximum atomic E-state index is 14.5. The van der Waals surface area contributed by atoms with E-state index < -0.39 is 42.9 Å². The summed E-state index contributed by atoms with van der Waals surface area (Å²) in [6.07, 6.45) is -10.3. The molecule has 3 aromatic carbocycles. The Morgan fingerprint density at radius 1 is 0.889 bits per heavy atom. The Bertz CT molecular complexity index is 1210. The average Bonchev–Trinajstić information content (AvgIpc) is 3.64. The number of anilines is 1. The van der Waals surface area contributed by atoms with Gasteiger partial charge in [0, 0.05) is 23.9 Å². The molecule has 0 unspecified atom stereocenters. The second-order valence-corrected chi connectivity index (χ2v) is 8.69. The molecule has 1 N–H and O–H groups in total. The highest BCUT2D eigenvalue weighted by Crippen LogP contribution is 2.41. The third kappa shape index (κ3) is 6.48. The molecule has 4 rings (SSSR count). The zero-order valence-corrected chi connectivity index (χ0v) is 18.8. The lowest BCUT2D eigenvalue weighted by Crippen LogP contribution is -2.41. The normalized spacial score (nSPS) is 15.0. The van der Waals surface area contributed by atoms with Crippen molar-refractivity contribution in [2.24, 2.45) is 0 Å². The summed E-state index contributed by atoms with van der Waals surface area (Å²) in [5.74, 6) is 0.0885. The summed E-state index contributed by atoms with van der Waals surface area (Å²) < 4.78 is 98.3. The zero-order chi connectivity index (χ0) is 26.1. The Balaban J connectivity index is 1.60. The van der Waals surface area contributed by atoms with Crippen LogP contribution >= 0.6 is 0 Å². The molecular weight excluding hydrogens is 491 g/mol. The van der Waals surface area contributed by atoms with Crippen LogP contribution in [0.1, 0.15) is 35.4 Å². The van der Waals surface area contributed by atoms with Crippen molar-refractivity contribution >= 4 is 5.69 Å². The topological polar surface area (TPSA) is 32.7 Å². The molecule has 36 heavy (non-hydrogen) atoms. The highest BCUT2D eigenvalue weighted by Gasteiger charge is 2.39. The third-order valence-corrected chi connectivity index (χ3v) is 5.84. The van der Waals surface area contributed by atoms with Crippen molar-refractivity contribution in [1.82, 2.24) is 0 Å². The zero-order valence-electron chi connectivity index (χ0n) is 18.8. The molecule has 0 radical (unpaired) electrons. The molecule has 0 spiro atoms. The molecule has 0 heterocycles. The monoisotopic (exact) mass is 513 g/mol. The van der Waals surface area contributed by atoms with Gasteiger partial charge in [0.1, 0.15) is 17.3 Å². The van der Waals surface area contributed by atoms with E-state index in [1.165, 1.54) is 18.2 Å². The molecule has 10 heteroatoms. The van der Waals surface area contributed by atoms with E-state index in [0.717, 1.165) is 29.4 Å². The first kappa shape index (κ1) is 25.8. The van der Waals surface area contributed by atoms with Crippen LogP contribution in [0.4, 0.5) is 36.4 Å². The fourth-order valence-corrected chi connectivity index (χ4v) is 3.76. The molecule has 1 aliphatic carbocycles. The first-order chi connectivity index (χ1) is 16.9. The molecule has 192 valence electrons. The quantitative estimate of drug-likeness (QED) is 0.318. The molecule has 1 saturated carbocycles. The number of halogens is 7. The van der Waals surface area contributed by atoms with Crippen LogP contribution in [-0.4, -0.2) is 23.9 Å². The lowest BCUT2D eigenvalue weighted by molar-refractivity contribution is -0.200. The van der Waals surface area contributed by atoms with Crippen molar-refractivity contribution in [2.45, 2.75) is 43.8 Å². The number of ether oxygens (including phenoxy) is 1. The number of aliphatic hydroxyl groups excluding tert-OH is 1. The molecule has 0 bridgehead atoms. The fourth-order valence-electron chi connectivity index (χ4n) is 3.76. The van der Waals surface area contributed by atoms with Gasteiger partial charge in [0.2, 0.25) is 0 Å². The minimum atomic E-state index is -4.95. The maximum absolute atomic E-state index is 14.5. The van der Waals surface area contributed by atoms with Crippen LogP contribution in [0.25, 0.3) is 0 Å². The Labute approximate surface area is 202 Å². The molecule has 0 saturated heterocycles. The second kappa shape index (κ2) is 10.0. The van der Waals surface area contributed by atoms with Crippen LogP contribution in [0.15, 0.2) is 66.7 Å². The number of nitrogens with zero attached hydrogens (tertiary/aromatic N) is 1. The summed E-state index contributed by atoms with van der Waals surface area (Å²) in [6.45, 7) is -1.48. The SMILES string of the molecule is O[C@H](CN(Cc1ccc(C(F)(F)F)cc1F)c1cccc(Oc2cccc(C3CC3)c2)c1)C(F)(F)F. The van der Waals surface area contributed by atoms with E-state index in [9.17, 15) is 35.8 Å². The molecule has 1 fully saturated rings. The van der Waals surface area contributed by atoms with E-state index in [4.69, 9.17) is 4.74 Å². The van der Waals surface area contributed by atoms with Gasteiger partial charge in [-0.05, 0) is 60.7 Å². The molecule has 3 aromatic rings. The number of hydrogen-bond donors (Lipinski definition) is 1. The van der Waals surface area contributed by atoms with Gasteiger partial charge in [-0.1, -0.05) is 24.3 Å². The van der Waals surface area contributed by atoms with Gasteiger partial charge in [0.05, 0.1) is 12.1 Å². The van der Waals surface area contributed by atoms with Crippen LogP contribution in [0.2, 0.25) is 0 Å². The summed E-state index contributed by atoms with van der Waals surface area (Å²) in [6, 6.07) is 15.2. The van der Waals surface area contributed by atoms with Crippen LogP contribution < -0.4 is 9.64 Å². The third-order valence-electron chi connectivity index (χ3n) is 5.84. The van der Waals surface area contributed by atoms with Crippen molar-refractivity contribution in [3.05, 3.63) is 89.2 Å². The average molecular weight is 513 g/mol. The van der Waals surface area contributed by atoms with E-state index in [0.29, 0.717) is 29.5 Å². The molecular formula is C26H22F7NO2. The van der Waals surface area contributed by atoms with Gasteiger partial charge in [0.25, 0.3) is 0 Å². The van der Waals surface area contributed by atoms with Gasteiger partial charge in [-0.2, -0.15) is 26.3 Å². The lowest BCUT2D eigenvalue weighted by Gasteiger charge is -2.29.